The molecule has 2 atom stereocenters. The molecule has 16 heavy (non-hydrogen) atoms. The Hall–Kier alpha value is -1.62. The summed E-state index contributed by atoms with van der Waals surface area (Å²) in [6, 6.07) is 5.93. The summed E-state index contributed by atoms with van der Waals surface area (Å²) in [5.74, 6) is 0.916. The first kappa shape index (κ1) is 9.59. The number of nitrogens with zero attached hydrogens (tertiary/aromatic N) is 2. The van der Waals surface area contributed by atoms with Crippen molar-refractivity contribution in [3.05, 3.63) is 24.4 Å². The third-order valence-corrected chi connectivity index (χ3v) is 3.01. The molecule has 0 radical (unpaired) electrons. The van der Waals surface area contributed by atoms with Crippen molar-refractivity contribution in [3.63, 3.8) is 0 Å². The fraction of sp³-hybridized carbons (Fsp3) is 0.455. The quantitative estimate of drug-likeness (QED) is 0.710. The van der Waals surface area contributed by atoms with Gasteiger partial charge in [0.2, 0.25) is 5.91 Å². The van der Waals surface area contributed by atoms with Gasteiger partial charge in [-0.25, -0.2) is 4.98 Å². The lowest BCUT2D eigenvalue weighted by Gasteiger charge is -2.24. The molecule has 5 nitrogen and oxygen atoms in total. The van der Waals surface area contributed by atoms with Gasteiger partial charge in [0.25, 0.3) is 0 Å². The molecular formula is C11H13N3O2. The van der Waals surface area contributed by atoms with Crippen molar-refractivity contribution >= 4 is 11.7 Å². The molecule has 0 spiro atoms. The summed E-state index contributed by atoms with van der Waals surface area (Å²) in [5, 5.41) is 2.94. The molecule has 2 aliphatic heterocycles. The van der Waals surface area contributed by atoms with E-state index in [4.69, 9.17) is 4.74 Å². The summed E-state index contributed by atoms with van der Waals surface area (Å²) in [4.78, 5) is 17.6. The van der Waals surface area contributed by atoms with Gasteiger partial charge in [0, 0.05) is 19.3 Å². The minimum Gasteiger partial charge on any atom is -0.364 e. The first-order valence-corrected chi connectivity index (χ1v) is 5.40. The number of hydrogen-bond acceptors (Lipinski definition) is 4. The molecule has 3 heterocycles. The topological polar surface area (TPSA) is 54.5 Å². The minimum absolute atomic E-state index is 0.0240. The van der Waals surface area contributed by atoms with Crippen molar-refractivity contribution in [2.24, 2.45) is 0 Å². The Morgan fingerprint density at radius 3 is 3.19 bits per heavy atom. The van der Waals surface area contributed by atoms with Crippen molar-refractivity contribution < 1.29 is 9.53 Å². The van der Waals surface area contributed by atoms with Gasteiger partial charge in [-0.3, -0.25) is 4.79 Å². The lowest BCUT2D eigenvalue weighted by Crippen LogP contribution is -2.50. The third kappa shape index (κ3) is 1.63. The van der Waals surface area contributed by atoms with Gasteiger partial charge in [0.15, 0.2) is 0 Å². The molecule has 2 saturated heterocycles. The standard InChI is InChI=1S/C11H13N3O2/c15-11-7-16-9-6-14(5-8(9)13-11)10-3-1-2-4-12-10/h1-4,8-9H,5-7H2,(H,13,15)/t8-,9-/m1/s1. The number of amides is 1. The smallest absolute Gasteiger partial charge is 0.246 e. The number of hydrogen-bond donors (Lipinski definition) is 1. The molecular weight excluding hydrogens is 206 g/mol. The van der Waals surface area contributed by atoms with Crippen LogP contribution in [0.2, 0.25) is 0 Å². The lowest BCUT2D eigenvalue weighted by atomic mass is 10.2. The van der Waals surface area contributed by atoms with Gasteiger partial charge < -0.3 is 15.0 Å². The van der Waals surface area contributed by atoms with E-state index in [0.717, 1.165) is 18.9 Å². The molecule has 5 heteroatoms. The summed E-state index contributed by atoms with van der Waals surface area (Å²) in [7, 11) is 0. The first-order valence-electron chi connectivity index (χ1n) is 5.40. The first-order chi connectivity index (χ1) is 7.83. The fourth-order valence-electron chi connectivity index (χ4n) is 2.24. The minimum atomic E-state index is -0.0240. The average molecular weight is 219 g/mol. The number of fused-ring (bicyclic) bond motifs is 1. The molecule has 0 bridgehead atoms. The van der Waals surface area contributed by atoms with Crippen LogP contribution in [0.5, 0.6) is 0 Å². The number of morpholine rings is 1. The van der Waals surface area contributed by atoms with Crippen LogP contribution in [0.25, 0.3) is 0 Å². The van der Waals surface area contributed by atoms with Crippen LogP contribution in [0.1, 0.15) is 0 Å². The Labute approximate surface area is 93.4 Å². The maximum atomic E-state index is 11.2. The van der Waals surface area contributed by atoms with Gasteiger partial charge in [0.05, 0.1) is 12.1 Å². The zero-order chi connectivity index (χ0) is 11.0. The molecule has 0 saturated carbocycles. The number of pyridine rings is 1. The van der Waals surface area contributed by atoms with E-state index >= 15 is 0 Å². The number of rotatable bonds is 1. The highest BCUT2D eigenvalue weighted by Gasteiger charge is 2.38. The zero-order valence-corrected chi connectivity index (χ0v) is 8.80. The highest BCUT2D eigenvalue weighted by atomic mass is 16.5. The molecule has 1 aromatic rings. The van der Waals surface area contributed by atoms with E-state index in [0.29, 0.717) is 0 Å². The third-order valence-electron chi connectivity index (χ3n) is 3.01. The number of carbonyl (C=O) groups is 1. The Bertz CT molecular complexity index is 395. The van der Waals surface area contributed by atoms with Gasteiger partial charge in [-0.2, -0.15) is 0 Å². The predicted molar refractivity (Wildman–Crippen MR) is 58.1 cm³/mol. The molecule has 0 aliphatic carbocycles. The van der Waals surface area contributed by atoms with Gasteiger partial charge in [-0.05, 0) is 12.1 Å². The van der Waals surface area contributed by atoms with Crippen LogP contribution in [0, 0.1) is 0 Å². The summed E-state index contributed by atoms with van der Waals surface area (Å²) in [6.45, 7) is 1.74. The van der Waals surface area contributed by atoms with E-state index in [9.17, 15) is 4.79 Å². The van der Waals surface area contributed by atoms with Crippen molar-refractivity contribution in [2.75, 3.05) is 24.6 Å². The Morgan fingerprint density at radius 2 is 2.38 bits per heavy atom. The molecule has 0 aromatic carbocycles. The predicted octanol–water partition coefficient (Wildman–Crippen LogP) is -0.215. The Morgan fingerprint density at radius 1 is 1.44 bits per heavy atom. The van der Waals surface area contributed by atoms with Crippen LogP contribution in [0.4, 0.5) is 5.82 Å². The lowest BCUT2D eigenvalue weighted by molar-refractivity contribution is -0.134. The summed E-state index contributed by atoms with van der Waals surface area (Å²) in [5.41, 5.74) is 0. The van der Waals surface area contributed by atoms with Crippen molar-refractivity contribution in [3.8, 4) is 0 Å². The van der Waals surface area contributed by atoms with Crippen LogP contribution in [-0.4, -0.2) is 42.7 Å². The number of ether oxygens (including phenoxy) is 1. The maximum Gasteiger partial charge on any atom is 0.246 e. The number of carbonyl (C=O) groups excluding carboxylic acids is 1. The van der Waals surface area contributed by atoms with Crippen LogP contribution >= 0.6 is 0 Å². The molecule has 84 valence electrons. The van der Waals surface area contributed by atoms with Gasteiger partial charge in [-0.15, -0.1) is 0 Å². The second-order valence-corrected chi connectivity index (χ2v) is 4.12. The van der Waals surface area contributed by atoms with E-state index in [-0.39, 0.29) is 24.7 Å². The van der Waals surface area contributed by atoms with E-state index in [1.165, 1.54) is 0 Å². The number of aromatic nitrogens is 1. The average Bonchev–Trinajstić information content (AvgIpc) is 2.73. The fourth-order valence-corrected chi connectivity index (χ4v) is 2.24. The van der Waals surface area contributed by atoms with Crippen LogP contribution in [0.15, 0.2) is 24.4 Å². The second-order valence-electron chi connectivity index (χ2n) is 4.12. The van der Waals surface area contributed by atoms with E-state index in [1.54, 1.807) is 6.20 Å². The number of anilines is 1. The largest absolute Gasteiger partial charge is 0.364 e. The molecule has 0 unspecified atom stereocenters. The normalized spacial score (nSPS) is 28.8. The van der Waals surface area contributed by atoms with Crippen LogP contribution in [0.3, 0.4) is 0 Å². The SMILES string of the molecule is O=C1CO[C@@H]2CN(c3ccccn3)C[C@H]2N1. The van der Waals surface area contributed by atoms with Crippen LogP contribution in [-0.2, 0) is 9.53 Å². The summed E-state index contributed by atoms with van der Waals surface area (Å²) in [6.07, 6.45) is 1.87. The molecule has 1 aromatic heterocycles. The van der Waals surface area contributed by atoms with Gasteiger partial charge in [0.1, 0.15) is 12.4 Å². The summed E-state index contributed by atoms with van der Waals surface area (Å²) < 4.78 is 5.48. The highest BCUT2D eigenvalue weighted by Crippen LogP contribution is 2.21. The molecule has 2 aliphatic rings. The van der Waals surface area contributed by atoms with Gasteiger partial charge in [-0.1, -0.05) is 6.07 Å². The van der Waals surface area contributed by atoms with E-state index < -0.39 is 0 Å². The van der Waals surface area contributed by atoms with Crippen molar-refractivity contribution in [1.82, 2.24) is 10.3 Å². The second kappa shape index (κ2) is 3.75. The molecule has 1 amide bonds. The van der Waals surface area contributed by atoms with Crippen molar-refractivity contribution in [2.45, 2.75) is 12.1 Å². The van der Waals surface area contributed by atoms with Crippen molar-refractivity contribution in [1.29, 1.82) is 0 Å². The Balaban J connectivity index is 1.75. The van der Waals surface area contributed by atoms with Crippen LogP contribution < -0.4 is 10.2 Å². The van der Waals surface area contributed by atoms with E-state index in [1.807, 2.05) is 18.2 Å². The highest BCUT2D eigenvalue weighted by molar-refractivity contribution is 5.78. The monoisotopic (exact) mass is 219 g/mol. The molecule has 1 N–H and O–H groups in total. The van der Waals surface area contributed by atoms with Gasteiger partial charge >= 0.3 is 0 Å². The maximum absolute atomic E-state index is 11.2. The molecule has 2 fully saturated rings. The summed E-state index contributed by atoms with van der Waals surface area (Å²) >= 11 is 0. The number of nitrogens with one attached hydrogen (secondary N) is 1. The Kier molecular flexibility index (Phi) is 2.25. The molecule has 3 rings (SSSR count). The van der Waals surface area contributed by atoms with E-state index in [2.05, 4.69) is 15.2 Å². The zero-order valence-electron chi connectivity index (χ0n) is 8.80.